The second-order valence-corrected chi connectivity index (χ2v) is 3.64. The van der Waals surface area contributed by atoms with E-state index in [2.05, 4.69) is 16.9 Å². The number of pyridine rings is 1. The molecule has 3 N–H and O–H groups in total. The normalized spacial score (nSPS) is 10.2. The average Bonchev–Trinajstić information content (AvgIpc) is 2.29. The van der Waals surface area contributed by atoms with Gasteiger partial charge in [0.05, 0.1) is 5.52 Å². The second kappa shape index (κ2) is 4.66. The molecule has 0 fully saturated rings. The van der Waals surface area contributed by atoms with Crippen LogP contribution in [0.1, 0.15) is 6.42 Å². The monoisotopic (exact) mass is 213 g/mol. The van der Waals surface area contributed by atoms with Crippen LogP contribution in [-0.4, -0.2) is 11.5 Å². The highest BCUT2D eigenvalue weighted by Gasteiger charge is 2.00. The smallest absolute Gasteiger partial charge is 0.0743 e. The number of anilines is 2. The minimum atomic E-state index is 0.739. The molecule has 2 aromatic rings. The Bertz CT molecular complexity index is 506. The van der Waals surface area contributed by atoms with Crippen LogP contribution >= 0.6 is 0 Å². The average molecular weight is 213 g/mol. The Kier molecular flexibility index (Phi) is 3.05. The van der Waals surface area contributed by atoms with Gasteiger partial charge >= 0.3 is 0 Å². The van der Waals surface area contributed by atoms with Crippen LogP contribution in [0.3, 0.4) is 0 Å². The molecule has 0 bridgehead atoms. The van der Waals surface area contributed by atoms with Crippen molar-refractivity contribution in [3.63, 3.8) is 0 Å². The van der Waals surface area contributed by atoms with Gasteiger partial charge in [-0.25, -0.2) is 0 Å². The molecule has 0 saturated heterocycles. The van der Waals surface area contributed by atoms with Crippen molar-refractivity contribution in [2.45, 2.75) is 6.42 Å². The molecule has 0 spiro atoms. The van der Waals surface area contributed by atoms with E-state index in [9.17, 15) is 0 Å². The van der Waals surface area contributed by atoms with E-state index in [1.165, 1.54) is 0 Å². The fourth-order valence-corrected chi connectivity index (χ4v) is 1.63. The summed E-state index contributed by atoms with van der Waals surface area (Å²) in [6, 6.07) is 7.74. The van der Waals surface area contributed by atoms with Gasteiger partial charge in [-0.1, -0.05) is 6.08 Å². The highest BCUT2D eigenvalue weighted by molar-refractivity contribution is 5.92. The number of aromatic nitrogens is 1. The Morgan fingerprint density at radius 3 is 3.06 bits per heavy atom. The van der Waals surface area contributed by atoms with Gasteiger partial charge in [-0.15, -0.1) is 6.58 Å². The molecule has 0 aliphatic carbocycles. The number of hydrogen-bond acceptors (Lipinski definition) is 3. The maximum atomic E-state index is 5.72. The quantitative estimate of drug-likeness (QED) is 0.466. The molecule has 3 heteroatoms. The molecule has 0 saturated carbocycles. The van der Waals surface area contributed by atoms with Crippen molar-refractivity contribution in [1.82, 2.24) is 4.98 Å². The van der Waals surface area contributed by atoms with Crippen LogP contribution in [0.5, 0.6) is 0 Å². The first-order valence-corrected chi connectivity index (χ1v) is 5.30. The van der Waals surface area contributed by atoms with Crippen LogP contribution in [0.25, 0.3) is 10.9 Å². The van der Waals surface area contributed by atoms with Crippen LogP contribution < -0.4 is 11.1 Å². The number of nitrogen functional groups attached to an aromatic ring is 1. The molecule has 0 aliphatic heterocycles. The van der Waals surface area contributed by atoms with E-state index in [1.54, 1.807) is 6.20 Å². The molecule has 1 aromatic carbocycles. The summed E-state index contributed by atoms with van der Waals surface area (Å²) in [7, 11) is 0. The zero-order valence-electron chi connectivity index (χ0n) is 9.11. The Labute approximate surface area is 95.0 Å². The fourth-order valence-electron chi connectivity index (χ4n) is 1.63. The van der Waals surface area contributed by atoms with Gasteiger partial charge in [0.1, 0.15) is 0 Å². The van der Waals surface area contributed by atoms with Crippen molar-refractivity contribution in [2.75, 3.05) is 17.6 Å². The number of rotatable bonds is 4. The van der Waals surface area contributed by atoms with E-state index in [1.807, 2.05) is 30.3 Å². The highest BCUT2D eigenvalue weighted by atomic mass is 14.9. The third-order valence-corrected chi connectivity index (χ3v) is 2.43. The lowest BCUT2D eigenvalue weighted by Gasteiger charge is -2.08. The molecule has 82 valence electrons. The van der Waals surface area contributed by atoms with Crippen molar-refractivity contribution in [1.29, 1.82) is 0 Å². The standard InChI is InChI=1S/C13H15N3/c1-2-3-7-15-12-6-8-16-13-9-10(14)4-5-11(12)13/h2,4-6,8-9H,1,3,7,14H2,(H,15,16). The summed E-state index contributed by atoms with van der Waals surface area (Å²) in [4.78, 5) is 4.29. The molecule has 2 rings (SSSR count). The Morgan fingerprint density at radius 2 is 2.25 bits per heavy atom. The number of nitrogens with one attached hydrogen (secondary N) is 1. The largest absolute Gasteiger partial charge is 0.399 e. The van der Waals surface area contributed by atoms with E-state index in [-0.39, 0.29) is 0 Å². The van der Waals surface area contributed by atoms with Crippen LogP contribution in [0.2, 0.25) is 0 Å². The molecule has 1 aromatic heterocycles. The van der Waals surface area contributed by atoms with Crippen molar-refractivity contribution in [2.24, 2.45) is 0 Å². The lowest BCUT2D eigenvalue weighted by atomic mass is 10.1. The van der Waals surface area contributed by atoms with Gasteiger partial charge in [-0.05, 0) is 30.7 Å². The Balaban J connectivity index is 2.34. The molecule has 1 heterocycles. The van der Waals surface area contributed by atoms with E-state index in [4.69, 9.17) is 5.73 Å². The predicted molar refractivity (Wildman–Crippen MR) is 69.5 cm³/mol. The summed E-state index contributed by atoms with van der Waals surface area (Å²) in [5.74, 6) is 0. The van der Waals surface area contributed by atoms with E-state index in [0.29, 0.717) is 0 Å². The molecule has 0 amide bonds. The van der Waals surface area contributed by atoms with Crippen LogP contribution in [0, 0.1) is 0 Å². The zero-order valence-corrected chi connectivity index (χ0v) is 9.11. The summed E-state index contributed by atoms with van der Waals surface area (Å²) < 4.78 is 0. The predicted octanol–water partition coefficient (Wildman–Crippen LogP) is 2.81. The van der Waals surface area contributed by atoms with Gasteiger partial charge in [0, 0.05) is 29.5 Å². The number of hydrogen-bond donors (Lipinski definition) is 2. The van der Waals surface area contributed by atoms with Crippen molar-refractivity contribution in [3.05, 3.63) is 43.1 Å². The molecular formula is C13H15N3. The second-order valence-electron chi connectivity index (χ2n) is 3.64. The Morgan fingerprint density at radius 1 is 1.38 bits per heavy atom. The highest BCUT2D eigenvalue weighted by Crippen LogP contribution is 2.23. The molecule has 0 atom stereocenters. The molecule has 0 unspecified atom stereocenters. The minimum Gasteiger partial charge on any atom is -0.399 e. The van der Waals surface area contributed by atoms with Crippen LogP contribution in [0.4, 0.5) is 11.4 Å². The first-order chi connectivity index (χ1) is 7.81. The zero-order chi connectivity index (χ0) is 11.4. The maximum Gasteiger partial charge on any atom is 0.0743 e. The number of fused-ring (bicyclic) bond motifs is 1. The van der Waals surface area contributed by atoms with Crippen LogP contribution in [-0.2, 0) is 0 Å². The van der Waals surface area contributed by atoms with Gasteiger partial charge in [-0.2, -0.15) is 0 Å². The summed E-state index contributed by atoms with van der Waals surface area (Å²) in [6.07, 6.45) is 4.63. The molecule has 0 aliphatic rings. The fraction of sp³-hybridized carbons (Fsp3) is 0.154. The molecule has 0 radical (unpaired) electrons. The van der Waals surface area contributed by atoms with Crippen molar-refractivity contribution in [3.8, 4) is 0 Å². The van der Waals surface area contributed by atoms with Gasteiger partial charge in [-0.3, -0.25) is 4.98 Å². The minimum absolute atomic E-state index is 0.739. The maximum absolute atomic E-state index is 5.72. The van der Waals surface area contributed by atoms with Crippen molar-refractivity contribution < 1.29 is 0 Å². The number of benzene rings is 1. The van der Waals surface area contributed by atoms with Crippen LogP contribution in [0.15, 0.2) is 43.1 Å². The number of nitrogens with two attached hydrogens (primary N) is 1. The third kappa shape index (κ3) is 2.14. The SMILES string of the molecule is C=CCCNc1ccnc2cc(N)ccc12. The van der Waals surface area contributed by atoms with E-state index < -0.39 is 0 Å². The third-order valence-electron chi connectivity index (χ3n) is 2.43. The first kappa shape index (κ1) is 10.5. The summed E-state index contributed by atoms with van der Waals surface area (Å²) in [5, 5.41) is 4.45. The first-order valence-electron chi connectivity index (χ1n) is 5.30. The Hall–Kier alpha value is -2.03. The van der Waals surface area contributed by atoms with Gasteiger partial charge < -0.3 is 11.1 Å². The van der Waals surface area contributed by atoms with Gasteiger partial charge in [0.25, 0.3) is 0 Å². The summed E-state index contributed by atoms with van der Waals surface area (Å²) in [5.41, 5.74) is 8.47. The van der Waals surface area contributed by atoms with E-state index >= 15 is 0 Å². The van der Waals surface area contributed by atoms with Gasteiger partial charge in [0.2, 0.25) is 0 Å². The number of nitrogens with zero attached hydrogens (tertiary/aromatic N) is 1. The van der Waals surface area contributed by atoms with Crippen molar-refractivity contribution >= 4 is 22.3 Å². The van der Waals surface area contributed by atoms with Gasteiger partial charge in [0.15, 0.2) is 0 Å². The summed E-state index contributed by atoms with van der Waals surface area (Å²) in [6.45, 7) is 4.58. The molecule has 16 heavy (non-hydrogen) atoms. The molecular weight excluding hydrogens is 198 g/mol. The molecule has 3 nitrogen and oxygen atoms in total. The lowest BCUT2D eigenvalue weighted by molar-refractivity contribution is 1.07. The van der Waals surface area contributed by atoms with E-state index in [0.717, 1.165) is 35.2 Å². The summed E-state index contributed by atoms with van der Waals surface area (Å²) >= 11 is 0. The topological polar surface area (TPSA) is 50.9 Å². The lowest BCUT2D eigenvalue weighted by Crippen LogP contribution is -2.01.